The second-order valence-electron chi connectivity index (χ2n) is 8.02. The van der Waals surface area contributed by atoms with E-state index in [-0.39, 0.29) is 5.78 Å². The molecule has 2 aliphatic rings. The van der Waals surface area contributed by atoms with Gasteiger partial charge in [0.2, 0.25) is 6.41 Å². The number of carbonyl (C=O) groups is 2. The molecule has 30 heavy (non-hydrogen) atoms. The molecule has 1 fully saturated rings. The third-order valence-corrected chi connectivity index (χ3v) is 5.91. The normalized spacial score (nSPS) is 17.7. The molecule has 0 atom stereocenters. The van der Waals surface area contributed by atoms with E-state index in [4.69, 9.17) is 4.74 Å². The molecule has 0 unspecified atom stereocenters. The Hall–Kier alpha value is -2.70. The number of nitrogens with zero attached hydrogens (tertiary/aromatic N) is 3. The van der Waals surface area contributed by atoms with Crippen LogP contribution < -0.4 is 4.74 Å². The largest absolute Gasteiger partial charge is 0.491 e. The van der Waals surface area contributed by atoms with E-state index in [0.717, 1.165) is 57.0 Å². The molecule has 1 amide bonds. The predicted molar refractivity (Wildman–Crippen MR) is 116 cm³/mol. The Morgan fingerprint density at radius 1 is 0.967 bits per heavy atom. The Labute approximate surface area is 178 Å². The van der Waals surface area contributed by atoms with E-state index in [9.17, 15) is 9.59 Å². The van der Waals surface area contributed by atoms with Crippen LogP contribution in [0.25, 0.3) is 0 Å². The van der Waals surface area contributed by atoms with E-state index in [1.165, 1.54) is 5.56 Å². The maximum Gasteiger partial charge on any atom is 0.210 e. The van der Waals surface area contributed by atoms with Crippen LogP contribution in [0.5, 0.6) is 5.75 Å². The lowest BCUT2D eigenvalue weighted by molar-refractivity contribution is -0.118. The van der Waals surface area contributed by atoms with Crippen LogP contribution in [0.15, 0.2) is 48.5 Å². The van der Waals surface area contributed by atoms with Gasteiger partial charge in [-0.05, 0) is 23.8 Å². The molecular formula is C24H29N3O3. The predicted octanol–water partition coefficient (Wildman–Crippen LogP) is 2.43. The number of ketones is 1. The summed E-state index contributed by atoms with van der Waals surface area (Å²) in [5, 5.41) is 0. The summed E-state index contributed by atoms with van der Waals surface area (Å²) in [7, 11) is 0. The highest BCUT2D eigenvalue weighted by Crippen LogP contribution is 2.24. The topological polar surface area (TPSA) is 53.1 Å². The Kier molecular flexibility index (Phi) is 6.77. The van der Waals surface area contributed by atoms with E-state index in [2.05, 4.69) is 34.1 Å². The van der Waals surface area contributed by atoms with Crippen molar-refractivity contribution in [2.24, 2.45) is 0 Å². The fourth-order valence-corrected chi connectivity index (χ4v) is 4.09. The smallest absolute Gasteiger partial charge is 0.210 e. The number of Topliss-reactive ketones (excluding diaryl/α,β-unsaturated/α-hetero) is 1. The monoisotopic (exact) mass is 407 g/mol. The zero-order valence-electron chi connectivity index (χ0n) is 17.3. The summed E-state index contributed by atoms with van der Waals surface area (Å²) in [6, 6.07) is 16.2. The molecule has 2 heterocycles. The van der Waals surface area contributed by atoms with Gasteiger partial charge in [0, 0.05) is 63.4 Å². The molecule has 1 saturated heterocycles. The minimum atomic E-state index is 0.145. The van der Waals surface area contributed by atoms with Crippen molar-refractivity contribution in [2.45, 2.75) is 19.5 Å². The van der Waals surface area contributed by atoms with Gasteiger partial charge >= 0.3 is 0 Å². The summed E-state index contributed by atoms with van der Waals surface area (Å²) in [5.74, 6) is 0.914. The zero-order valence-corrected chi connectivity index (χ0v) is 17.3. The Balaban J connectivity index is 1.26. The van der Waals surface area contributed by atoms with Crippen LogP contribution in [0.4, 0.5) is 0 Å². The fourth-order valence-electron chi connectivity index (χ4n) is 4.09. The maximum absolute atomic E-state index is 12.8. The summed E-state index contributed by atoms with van der Waals surface area (Å²) in [6.07, 6.45) is 1.35. The first-order valence-corrected chi connectivity index (χ1v) is 10.7. The van der Waals surface area contributed by atoms with Gasteiger partial charge in [-0.25, -0.2) is 0 Å². The van der Waals surface area contributed by atoms with Crippen LogP contribution in [-0.2, 0) is 17.9 Å². The highest BCUT2D eigenvalue weighted by molar-refractivity contribution is 5.96. The zero-order chi connectivity index (χ0) is 20.8. The van der Waals surface area contributed by atoms with Crippen LogP contribution in [0.3, 0.4) is 0 Å². The molecule has 2 aromatic rings. The molecule has 6 nitrogen and oxygen atoms in total. The Morgan fingerprint density at radius 2 is 1.73 bits per heavy atom. The molecule has 0 bridgehead atoms. The summed E-state index contributed by atoms with van der Waals surface area (Å²) in [5.41, 5.74) is 2.95. The number of carbonyl (C=O) groups excluding carboxylic acids is 2. The molecule has 2 aliphatic heterocycles. The average molecular weight is 408 g/mol. The molecule has 0 aliphatic carbocycles. The standard InChI is InChI=1S/C24H29N3O3/c28-19-27-14-15-30-24-7-6-21(16-22(24)18-27)23(29)8-9-25-10-12-26(13-11-25)17-20-4-2-1-3-5-20/h1-7,16,19H,8-15,17-18H2. The van der Waals surface area contributed by atoms with Crippen LogP contribution in [0, 0.1) is 0 Å². The van der Waals surface area contributed by atoms with Crippen molar-refractivity contribution in [1.29, 1.82) is 0 Å². The van der Waals surface area contributed by atoms with Gasteiger partial charge in [0.05, 0.1) is 6.54 Å². The van der Waals surface area contributed by atoms with Crippen molar-refractivity contribution in [3.8, 4) is 5.75 Å². The van der Waals surface area contributed by atoms with Crippen LogP contribution >= 0.6 is 0 Å². The molecule has 0 saturated carbocycles. The molecule has 158 valence electrons. The van der Waals surface area contributed by atoms with Gasteiger partial charge in [-0.2, -0.15) is 0 Å². The highest BCUT2D eigenvalue weighted by atomic mass is 16.5. The minimum Gasteiger partial charge on any atom is -0.491 e. The van der Waals surface area contributed by atoms with Gasteiger partial charge in [-0.15, -0.1) is 0 Å². The van der Waals surface area contributed by atoms with Crippen molar-refractivity contribution < 1.29 is 14.3 Å². The quantitative estimate of drug-likeness (QED) is 0.521. The van der Waals surface area contributed by atoms with Crippen molar-refractivity contribution >= 4 is 12.2 Å². The van der Waals surface area contributed by atoms with Gasteiger partial charge < -0.3 is 14.5 Å². The van der Waals surface area contributed by atoms with Crippen LogP contribution in [0.1, 0.15) is 27.9 Å². The van der Waals surface area contributed by atoms with Crippen LogP contribution in [0.2, 0.25) is 0 Å². The molecule has 4 rings (SSSR count). The van der Waals surface area contributed by atoms with E-state index in [0.29, 0.717) is 31.7 Å². The maximum atomic E-state index is 12.8. The Bertz CT molecular complexity index is 863. The van der Waals surface area contributed by atoms with Crippen LogP contribution in [-0.4, -0.2) is 72.8 Å². The van der Waals surface area contributed by atoms with Gasteiger partial charge in [0.25, 0.3) is 0 Å². The lowest BCUT2D eigenvalue weighted by Crippen LogP contribution is -2.46. The highest BCUT2D eigenvalue weighted by Gasteiger charge is 2.19. The van der Waals surface area contributed by atoms with E-state index in [1.807, 2.05) is 24.3 Å². The number of amides is 1. The second kappa shape index (κ2) is 9.87. The first-order valence-electron chi connectivity index (χ1n) is 10.7. The van der Waals surface area contributed by atoms with Crippen molar-refractivity contribution in [2.75, 3.05) is 45.9 Å². The molecule has 0 radical (unpaired) electrons. The van der Waals surface area contributed by atoms with E-state index < -0.39 is 0 Å². The SMILES string of the molecule is O=CN1CCOc2ccc(C(=O)CCN3CCN(Cc4ccccc4)CC3)cc2C1. The lowest BCUT2D eigenvalue weighted by atomic mass is 10.0. The number of piperazine rings is 1. The number of benzene rings is 2. The first kappa shape index (κ1) is 20.6. The molecule has 0 spiro atoms. The summed E-state index contributed by atoms with van der Waals surface area (Å²) >= 11 is 0. The van der Waals surface area contributed by atoms with E-state index >= 15 is 0 Å². The van der Waals surface area contributed by atoms with E-state index in [1.54, 1.807) is 4.90 Å². The summed E-state index contributed by atoms with van der Waals surface area (Å²) in [4.78, 5) is 30.4. The number of hydrogen-bond donors (Lipinski definition) is 0. The van der Waals surface area contributed by atoms with Gasteiger partial charge in [-0.1, -0.05) is 30.3 Å². The molecular weight excluding hydrogens is 378 g/mol. The lowest BCUT2D eigenvalue weighted by Gasteiger charge is -2.34. The molecule has 0 aromatic heterocycles. The third kappa shape index (κ3) is 5.26. The number of ether oxygens (including phenoxy) is 1. The molecule has 0 N–H and O–H groups in total. The number of rotatable bonds is 7. The first-order chi connectivity index (χ1) is 14.7. The number of fused-ring (bicyclic) bond motifs is 1. The molecule has 2 aromatic carbocycles. The Morgan fingerprint density at radius 3 is 2.50 bits per heavy atom. The fraction of sp³-hybridized carbons (Fsp3) is 0.417. The van der Waals surface area contributed by atoms with Gasteiger partial charge in [0.1, 0.15) is 12.4 Å². The summed E-state index contributed by atoms with van der Waals surface area (Å²) < 4.78 is 5.70. The minimum absolute atomic E-state index is 0.145. The summed E-state index contributed by atoms with van der Waals surface area (Å²) in [6.45, 7) is 7.35. The van der Waals surface area contributed by atoms with Gasteiger partial charge in [0.15, 0.2) is 5.78 Å². The average Bonchev–Trinajstić information content (AvgIpc) is 3.00. The van der Waals surface area contributed by atoms with Gasteiger partial charge in [-0.3, -0.25) is 14.5 Å². The second-order valence-corrected chi connectivity index (χ2v) is 8.02. The molecule has 6 heteroatoms. The van der Waals surface area contributed by atoms with Crippen molar-refractivity contribution in [3.05, 3.63) is 65.2 Å². The van der Waals surface area contributed by atoms with Crippen molar-refractivity contribution in [1.82, 2.24) is 14.7 Å². The van der Waals surface area contributed by atoms with Crippen molar-refractivity contribution in [3.63, 3.8) is 0 Å². The number of hydrogen-bond acceptors (Lipinski definition) is 5. The third-order valence-electron chi connectivity index (χ3n) is 5.91.